The third kappa shape index (κ3) is 2.83. The van der Waals surface area contributed by atoms with Gasteiger partial charge in [0.2, 0.25) is 5.28 Å². The van der Waals surface area contributed by atoms with Crippen LogP contribution in [0.2, 0.25) is 5.28 Å². The zero-order chi connectivity index (χ0) is 14.7. The maximum Gasteiger partial charge on any atom is 0.226 e. The van der Waals surface area contributed by atoms with Gasteiger partial charge in [-0.25, -0.2) is 4.68 Å². The molecule has 0 saturated heterocycles. The summed E-state index contributed by atoms with van der Waals surface area (Å²) in [6.45, 7) is 3.01. The average molecular weight is 302 g/mol. The lowest BCUT2D eigenvalue weighted by Gasteiger charge is -2.07. The van der Waals surface area contributed by atoms with Crippen LogP contribution in [0.15, 0.2) is 36.5 Å². The number of para-hydroxylation sites is 1. The highest BCUT2D eigenvalue weighted by molar-refractivity contribution is 6.28. The molecule has 3 rings (SSSR count). The molecule has 0 aliphatic heterocycles. The second-order valence-corrected chi connectivity index (χ2v) is 5.09. The van der Waals surface area contributed by atoms with E-state index in [9.17, 15) is 0 Å². The van der Waals surface area contributed by atoms with Crippen LogP contribution in [-0.4, -0.2) is 26.3 Å². The van der Waals surface area contributed by atoms with Gasteiger partial charge in [0.15, 0.2) is 5.65 Å². The standard InChI is InChI=1S/C15H16ClN5/c1-2-3-9-17-13-12-10-18-21(11-7-5-4-6-8-11)14(12)20-15(16)19-13/h4-8,10H,2-3,9H2,1H3,(H,17,19,20). The first-order valence-electron chi connectivity index (χ1n) is 7.00. The van der Waals surface area contributed by atoms with Gasteiger partial charge in [-0.1, -0.05) is 31.5 Å². The van der Waals surface area contributed by atoms with Crippen LogP contribution in [-0.2, 0) is 0 Å². The van der Waals surface area contributed by atoms with Crippen LogP contribution < -0.4 is 5.32 Å². The van der Waals surface area contributed by atoms with Crippen molar-refractivity contribution in [2.24, 2.45) is 0 Å². The highest BCUT2D eigenvalue weighted by atomic mass is 35.5. The van der Waals surface area contributed by atoms with Crippen molar-refractivity contribution in [1.29, 1.82) is 0 Å². The molecule has 1 N–H and O–H groups in total. The maximum atomic E-state index is 6.05. The lowest BCUT2D eigenvalue weighted by Crippen LogP contribution is -2.05. The first-order valence-corrected chi connectivity index (χ1v) is 7.38. The van der Waals surface area contributed by atoms with E-state index in [2.05, 4.69) is 27.3 Å². The van der Waals surface area contributed by atoms with Crippen LogP contribution in [0.25, 0.3) is 16.7 Å². The summed E-state index contributed by atoms with van der Waals surface area (Å²) in [6, 6.07) is 9.85. The van der Waals surface area contributed by atoms with Crippen molar-refractivity contribution >= 4 is 28.5 Å². The molecule has 0 unspecified atom stereocenters. The zero-order valence-electron chi connectivity index (χ0n) is 11.8. The van der Waals surface area contributed by atoms with E-state index in [1.807, 2.05) is 30.3 Å². The van der Waals surface area contributed by atoms with Gasteiger partial charge in [0.05, 0.1) is 17.3 Å². The Kier molecular flexibility index (Phi) is 4.01. The fourth-order valence-electron chi connectivity index (χ4n) is 2.16. The molecule has 5 nitrogen and oxygen atoms in total. The molecule has 108 valence electrons. The predicted molar refractivity (Wildman–Crippen MR) is 85.1 cm³/mol. The summed E-state index contributed by atoms with van der Waals surface area (Å²) in [5.41, 5.74) is 1.65. The van der Waals surface area contributed by atoms with Crippen LogP contribution in [0.3, 0.4) is 0 Å². The van der Waals surface area contributed by atoms with Gasteiger partial charge in [0.25, 0.3) is 0 Å². The van der Waals surface area contributed by atoms with Gasteiger partial charge in [-0.05, 0) is 30.2 Å². The Bertz CT molecular complexity index is 738. The minimum atomic E-state index is 0.221. The number of nitrogens with one attached hydrogen (secondary N) is 1. The molecule has 0 fully saturated rings. The molecule has 0 amide bonds. The quantitative estimate of drug-likeness (QED) is 0.577. The Morgan fingerprint density at radius 2 is 2.00 bits per heavy atom. The Morgan fingerprint density at radius 3 is 2.76 bits per heavy atom. The van der Waals surface area contributed by atoms with Crippen LogP contribution in [0.4, 0.5) is 5.82 Å². The van der Waals surface area contributed by atoms with Gasteiger partial charge < -0.3 is 5.32 Å². The molecule has 0 aliphatic rings. The molecule has 0 atom stereocenters. The molecule has 2 heterocycles. The molecule has 0 bridgehead atoms. The summed E-state index contributed by atoms with van der Waals surface area (Å²) in [4.78, 5) is 8.59. The monoisotopic (exact) mass is 301 g/mol. The molecule has 21 heavy (non-hydrogen) atoms. The van der Waals surface area contributed by atoms with Gasteiger partial charge in [-0.3, -0.25) is 0 Å². The zero-order valence-corrected chi connectivity index (χ0v) is 12.5. The van der Waals surface area contributed by atoms with Gasteiger partial charge in [-0.2, -0.15) is 15.1 Å². The average Bonchev–Trinajstić information content (AvgIpc) is 2.92. The molecule has 0 saturated carbocycles. The Labute approximate surface area is 128 Å². The smallest absolute Gasteiger partial charge is 0.226 e. The van der Waals surface area contributed by atoms with E-state index in [1.54, 1.807) is 10.9 Å². The number of nitrogens with zero attached hydrogens (tertiary/aromatic N) is 4. The fourth-order valence-corrected chi connectivity index (χ4v) is 2.32. The number of halogens is 1. The molecule has 1 aromatic carbocycles. The lowest BCUT2D eigenvalue weighted by molar-refractivity contribution is 0.831. The minimum absolute atomic E-state index is 0.221. The third-order valence-electron chi connectivity index (χ3n) is 3.22. The van der Waals surface area contributed by atoms with Crippen LogP contribution in [0.5, 0.6) is 0 Å². The number of fused-ring (bicyclic) bond motifs is 1. The van der Waals surface area contributed by atoms with Crippen molar-refractivity contribution in [3.63, 3.8) is 0 Å². The second kappa shape index (κ2) is 6.10. The van der Waals surface area contributed by atoms with Crippen LogP contribution in [0.1, 0.15) is 19.8 Å². The SMILES string of the molecule is CCCCNc1nc(Cl)nc2c1cnn2-c1ccccc1. The van der Waals surface area contributed by atoms with E-state index in [4.69, 9.17) is 11.6 Å². The number of hydrogen-bond donors (Lipinski definition) is 1. The second-order valence-electron chi connectivity index (χ2n) is 4.75. The van der Waals surface area contributed by atoms with Crippen molar-refractivity contribution in [2.45, 2.75) is 19.8 Å². The number of rotatable bonds is 5. The number of aromatic nitrogens is 4. The summed E-state index contributed by atoms with van der Waals surface area (Å²) in [5.74, 6) is 0.737. The van der Waals surface area contributed by atoms with Gasteiger partial charge in [0.1, 0.15) is 5.82 Å². The largest absolute Gasteiger partial charge is 0.369 e. The van der Waals surface area contributed by atoms with E-state index in [0.29, 0.717) is 5.65 Å². The van der Waals surface area contributed by atoms with Crippen LogP contribution in [0, 0.1) is 0 Å². The van der Waals surface area contributed by atoms with Crippen LogP contribution >= 0.6 is 11.6 Å². The van der Waals surface area contributed by atoms with E-state index in [1.165, 1.54) is 0 Å². The first-order chi connectivity index (χ1) is 10.3. The van der Waals surface area contributed by atoms with Crippen molar-refractivity contribution < 1.29 is 0 Å². The third-order valence-corrected chi connectivity index (χ3v) is 3.39. The highest BCUT2D eigenvalue weighted by Crippen LogP contribution is 2.24. The summed E-state index contributed by atoms with van der Waals surface area (Å²) < 4.78 is 1.77. The number of anilines is 1. The van der Waals surface area contributed by atoms with Gasteiger partial charge in [-0.15, -0.1) is 0 Å². The van der Waals surface area contributed by atoms with Crippen molar-refractivity contribution in [1.82, 2.24) is 19.7 Å². The number of hydrogen-bond acceptors (Lipinski definition) is 4. The normalized spacial score (nSPS) is 11.0. The van der Waals surface area contributed by atoms with Crippen molar-refractivity contribution in [2.75, 3.05) is 11.9 Å². The van der Waals surface area contributed by atoms with Gasteiger partial charge >= 0.3 is 0 Å². The lowest BCUT2D eigenvalue weighted by atomic mass is 10.3. The molecule has 0 spiro atoms. The van der Waals surface area contributed by atoms with Crippen molar-refractivity contribution in [3.05, 3.63) is 41.8 Å². The maximum absolute atomic E-state index is 6.05. The Hall–Kier alpha value is -2.14. The van der Waals surface area contributed by atoms with E-state index >= 15 is 0 Å². The van der Waals surface area contributed by atoms with Gasteiger partial charge in [0, 0.05) is 6.54 Å². The summed E-state index contributed by atoms with van der Waals surface area (Å²) >= 11 is 6.05. The Balaban J connectivity index is 2.05. The highest BCUT2D eigenvalue weighted by Gasteiger charge is 2.12. The molecular weight excluding hydrogens is 286 g/mol. The summed E-state index contributed by atoms with van der Waals surface area (Å²) in [6.07, 6.45) is 3.97. The van der Waals surface area contributed by atoms with E-state index < -0.39 is 0 Å². The fraction of sp³-hybridized carbons (Fsp3) is 0.267. The predicted octanol–water partition coefficient (Wildman–Crippen LogP) is 3.68. The molecular formula is C15H16ClN5. The number of unbranched alkanes of at least 4 members (excludes halogenated alkanes) is 1. The molecule has 2 aromatic heterocycles. The molecule has 6 heteroatoms. The summed E-state index contributed by atoms with van der Waals surface area (Å²) in [7, 11) is 0. The molecule has 0 radical (unpaired) electrons. The topological polar surface area (TPSA) is 55.6 Å². The molecule has 0 aliphatic carbocycles. The van der Waals surface area contributed by atoms with E-state index in [0.717, 1.165) is 36.3 Å². The summed E-state index contributed by atoms with van der Waals surface area (Å²) in [5, 5.41) is 8.81. The number of benzene rings is 1. The van der Waals surface area contributed by atoms with E-state index in [-0.39, 0.29) is 5.28 Å². The van der Waals surface area contributed by atoms with Crippen molar-refractivity contribution in [3.8, 4) is 5.69 Å². The minimum Gasteiger partial charge on any atom is -0.369 e. The molecule has 3 aromatic rings. The Morgan fingerprint density at radius 1 is 1.19 bits per heavy atom. The first kappa shape index (κ1) is 13.8.